The van der Waals surface area contributed by atoms with E-state index in [1.54, 1.807) is 0 Å². The number of nitrogens with zero attached hydrogens (tertiary/aromatic N) is 1. The zero-order chi connectivity index (χ0) is 15.1. The number of likely N-dealkylation sites (tertiary alicyclic amines) is 1. The van der Waals surface area contributed by atoms with Gasteiger partial charge in [-0.2, -0.15) is 0 Å². The minimum absolute atomic E-state index is 0.324. The van der Waals surface area contributed by atoms with Crippen molar-refractivity contribution in [2.75, 3.05) is 20.1 Å². The Labute approximate surface area is 128 Å². The molecule has 1 aliphatic heterocycles. The molecule has 2 aliphatic rings. The second-order valence-corrected chi connectivity index (χ2v) is 6.97. The summed E-state index contributed by atoms with van der Waals surface area (Å²) in [6.45, 7) is 6.08. The number of benzene rings is 1. The monoisotopic (exact) mass is 288 g/mol. The molecule has 3 heteroatoms. The van der Waals surface area contributed by atoms with Gasteiger partial charge in [0.25, 0.3) is 0 Å². The number of hydrogen-bond acceptors (Lipinski definition) is 3. The van der Waals surface area contributed by atoms with Gasteiger partial charge in [-0.15, -0.1) is 0 Å². The molecule has 3 rings (SSSR count). The molecule has 1 aromatic rings. The predicted octanol–water partition coefficient (Wildman–Crippen LogP) is 2.84. The molecule has 1 fully saturated rings. The lowest BCUT2D eigenvalue weighted by molar-refractivity contribution is 0.304. The van der Waals surface area contributed by atoms with Crippen molar-refractivity contribution in [3.05, 3.63) is 27.8 Å². The van der Waals surface area contributed by atoms with Crippen molar-refractivity contribution >= 4 is 0 Å². The number of phenols is 1. The van der Waals surface area contributed by atoms with E-state index in [2.05, 4.69) is 25.8 Å². The fraction of sp³-hybridized carbons (Fsp3) is 0.667. The first-order chi connectivity index (χ1) is 10.0. The molecule has 2 unspecified atom stereocenters. The molecule has 0 aromatic heterocycles. The van der Waals surface area contributed by atoms with E-state index < -0.39 is 0 Å². The first kappa shape index (κ1) is 14.9. The van der Waals surface area contributed by atoms with E-state index in [1.165, 1.54) is 41.5 Å². The van der Waals surface area contributed by atoms with Gasteiger partial charge in [0.05, 0.1) is 0 Å². The van der Waals surface area contributed by atoms with Gasteiger partial charge in [-0.1, -0.05) is 0 Å². The van der Waals surface area contributed by atoms with Gasteiger partial charge in [-0.3, -0.25) is 4.90 Å². The molecule has 0 spiro atoms. The van der Waals surface area contributed by atoms with Crippen molar-refractivity contribution in [2.24, 2.45) is 11.7 Å². The molecular weight excluding hydrogens is 260 g/mol. The van der Waals surface area contributed by atoms with Crippen LogP contribution >= 0.6 is 0 Å². The van der Waals surface area contributed by atoms with Crippen molar-refractivity contribution in [2.45, 2.75) is 52.0 Å². The van der Waals surface area contributed by atoms with Crippen LogP contribution in [0, 0.1) is 19.8 Å². The summed E-state index contributed by atoms with van der Waals surface area (Å²) in [5.74, 6) is 1.10. The molecule has 0 bridgehead atoms. The van der Waals surface area contributed by atoms with E-state index in [-0.39, 0.29) is 0 Å². The fourth-order valence-corrected chi connectivity index (χ4v) is 4.44. The van der Waals surface area contributed by atoms with Crippen LogP contribution in [0.2, 0.25) is 0 Å². The molecule has 2 atom stereocenters. The Kier molecular flexibility index (Phi) is 3.98. The van der Waals surface area contributed by atoms with Gasteiger partial charge in [0.1, 0.15) is 5.75 Å². The van der Waals surface area contributed by atoms with Crippen LogP contribution in [0.15, 0.2) is 0 Å². The van der Waals surface area contributed by atoms with Crippen LogP contribution in [0.4, 0.5) is 0 Å². The highest BCUT2D eigenvalue weighted by molar-refractivity contribution is 5.56. The lowest BCUT2D eigenvalue weighted by Crippen LogP contribution is -2.22. The van der Waals surface area contributed by atoms with Crippen LogP contribution in [0.25, 0.3) is 0 Å². The Hall–Kier alpha value is -1.06. The van der Waals surface area contributed by atoms with Gasteiger partial charge in [0.2, 0.25) is 0 Å². The molecule has 0 radical (unpaired) electrons. The van der Waals surface area contributed by atoms with Gasteiger partial charge in [0.15, 0.2) is 0 Å². The van der Waals surface area contributed by atoms with E-state index in [0.29, 0.717) is 17.7 Å². The van der Waals surface area contributed by atoms with Crippen LogP contribution < -0.4 is 5.73 Å². The Balaban J connectivity index is 2.09. The average Bonchev–Trinajstić information content (AvgIpc) is 2.86. The minimum atomic E-state index is 0.324. The fourth-order valence-electron chi connectivity index (χ4n) is 4.44. The summed E-state index contributed by atoms with van der Waals surface area (Å²) < 4.78 is 0. The molecule has 0 amide bonds. The summed E-state index contributed by atoms with van der Waals surface area (Å²) in [5, 5.41) is 10.8. The molecule has 3 N–H and O–H groups in total. The third kappa shape index (κ3) is 2.36. The number of nitrogens with two attached hydrogens (primary N) is 1. The number of fused-ring (bicyclic) bond motifs is 1. The maximum absolute atomic E-state index is 10.8. The van der Waals surface area contributed by atoms with Gasteiger partial charge < -0.3 is 10.8 Å². The predicted molar refractivity (Wildman–Crippen MR) is 86.8 cm³/mol. The quantitative estimate of drug-likeness (QED) is 0.880. The highest BCUT2D eigenvalue weighted by atomic mass is 16.3. The summed E-state index contributed by atoms with van der Waals surface area (Å²) in [5.41, 5.74) is 12.4. The maximum Gasteiger partial charge on any atom is 0.123 e. The molecule has 1 aromatic carbocycles. The van der Waals surface area contributed by atoms with Crippen LogP contribution in [0.1, 0.15) is 53.1 Å². The summed E-state index contributed by atoms with van der Waals surface area (Å²) in [6.07, 6.45) is 5.90. The second kappa shape index (κ2) is 5.62. The van der Waals surface area contributed by atoms with Gasteiger partial charge in [-0.25, -0.2) is 0 Å². The Morgan fingerprint density at radius 2 is 1.76 bits per heavy atom. The van der Waals surface area contributed by atoms with Gasteiger partial charge >= 0.3 is 0 Å². The number of phenolic OH excluding ortho intramolecular Hbond substituents is 1. The highest BCUT2D eigenvalue weighted by Crippen LogP contribution is 2.44. The zero-order valence-corrected chi connectivity index (χ0v) is 13.6. The first-order valence-corrected chi connectivity index (χ1v) is 8.28. The third-order valence-corrected chi connectivity index (χ3v) is 5.69. The third-order valence-electron chi connectivity index (χ3n) is 5.69. The minimum Gasteiger partial charge on any atom is -0.507 e. The molecule has 21 heavy (non-hydrogen) atoms. The summed E-state index contributed by atoms with van der Waals surface area (Å²) in [6, 6.07) is 0.324. The highest BCUT2D eigenvalue weighted by Gasteiger charge is 2.34. The van der Waals surface area contributed by atoms with Gasteiger partial charge in [-0.05, 0) is 87.7 Å². The van der Waals surface area contributed by atoms with E-state index in [9.17, 15) is 5.11 Å². The van der Waals surface area contributed by atoms with E-state index in [0.717, 1.165) is 31.5 Å². The molecule has 1 heterocycles. The summed E-state index contributed by atoms with van der Waals surface area (Å²) >= 11 is 0. The van der Waals surface area contributed by atoms with Crippen LogP contribution in [0.3, 0.4) is 0 Å². The molecular formula is C18H28N2O. The topological polar surface area (TPSA) is 49.5 Å². The standard InChI is InChI=1S/C18H28N2O/c1-11-14-6-4-5-7-15(14)12(2)18(21)17(11)16-8-13(9-19)10-20(16)3/h13,16,21H,4-10,19H2,1-3H3. The molecule has 116 valence electrons. The summed E-state index contributed by atoms with van der Waals surface area (Å²) in [7, 11) is 2.16. The Morgan fingerprint density at radius 1 is 1.14 bits per heavy atom. The van der Waals surface area contributed by atoms with Crippen LogP contribution in [-0.4, -0.2) is 30.1 Å². The second-order valence-electron chi connectivity index (χ2n) is 6.97. The Bertz CT molecular complexity index is 553. The van der Waals surface area contributed by atoms with Crippen molar-refractivity contribution in [1.29, 1.82) is 0 Å². The van der Waals surface area contributed by atoms with Crippen molar-refractivity contribution < 1.29 is 5.11 Å². The maximum atomic E-state index is 10.8. The smallest absolute Gasteiger partial charge is 0.123 e. The Morgan fingerprint density at radius 3 is 2.33 bits per heavy atom. The van der Waals surface area contributed by atoms with Crippen molar-refractivity contribution in [3.8, 4) is 5.75 Å². The SMILES string of the molecule is Cc1c(O)c(C2CC(CN)CN2C)c(C)c2c1CCCC2. The number of rotatable bonds is 2. The van der Waals surface area contributed by atoms with Crippen LogP contribution in [-0.2, 0) is 12.8 Å². The lowest BCUT2D eigenvalue weighted by atomic mass is 9.81. The van der Waals surface area contributed by atoms with Crippen LogP contribution in [0.5, 0.6) is 5.75 Å². The zero-order valence-electron chi connectivity index (χ0n) is 13.6. The average molecular weight is 288 g/mol. The van der Waals surface area contributed by atoms with E-state index in [1.807, 2.05) is 0 Å². The van der Waals surface area contributed by atoms with Crippen molar-refractivity contribution in [1.82, 2.24) is 4.90 Å². The van der Waals surface area contributed by atoms with Gasteiger partial charge in [0, 0.05) is 18.2 Å². The molecule has 0 saturated carbocycles. The van der Waals surface area contributed by atoms with E-state index in [4.69, 9.17) is 5.73 Å². The summed E-state index contributed by atoms with van der Waals surface area (Å²) in [4.78, 5) is 2.37. The largest absolute Gasteiger partial charge is 0.507 e. The normalized spacial score (nSPS) is 26.1. The lowest BCUT2D eigenvalue weighted by Gasteiger charge is -2.29. The van der Waals surface area contributed by atoms with E-state index >= 15 is 0 Å². The molecule has 3 nitrogen and oxygen atoms in total. The number of hydrogen-bond donors (Lipinski definition) is 2. The molecule has 1 aliphatic carbocycles. The molecule has 1 saturated heterocycles. The van der Waals surface area contributed by atoms with Crippen molar-refractivity contribution in [3.63, 3.8) is 0 Å². The first-order valence-electron chi connectivity index (χ1n) is 8.28. The number of aromatic hydroxyl groups is 1.